The number of methoxy groups -OCH3 is 2. The summed E-state index contributed by atoms with van der Waals surface area (Å²) >= 11 is 17.9. The van der Waals surface area contributed by atoms with Gasteiger partial charge in [0.15, 0.2) is 18.1 Å². The van der Waals surface area contributed by atoms with Gasteiger partial charge in [-0.1, -0.05) is 40.9 Å². The Morgan fingerprint density at radius 2 is 1.71 bits per heavy atom. The third-order valence-electron chi connectivity index (χ3n) is 3.82. The zero-order valence-corrected chi connectivity index (χ0v) is 17.6. The lowest BCUT2D eigenvalue weighted by Gasteiger charge is -2.15. The van der Waals surface area contributed by atoms with Crippen molar-refractivity contribution in [2.24, 2.45) is 0 Å². The Morgan fingerprint density at radius 1 is 1.00 bits per heavy atom. The molecule has 1 N–H and O–H groups in total. The van der Waals surface area contributed by atoms with Crippen molar-refractivity contribution in [3.05, 3.63) is 56.5 Å². The molecule has 1 amide bonds. The zero-order chi connectivity index (χ0) is 20.8. The first-order valence-electron chi connectivity index (χ1n) is 8.09. The number of carbonyl (C=O) groups excluding carboxylic acids is 2. The Balaban J connectivity index is 1.97. The molecule has 0 bridgehead atoms. The van der Waals surface area contributed by atoms with Crippen LogP contribution < -0.4 is 14.8 Å². The van der Waals surface area contributed by atoms with Crippen molar-refractivity contribution < 1.29 is 23.8 Å². The number of halogens is 3. The van der Waals surface area contributed by atoms with Crippen LogP contribution in [0.1, 0.15) is 28.9 Å². The van der Waals surface area contributed by atoms with Crippen LogP contribution in [0.3, 0.4) is 0 Å². The van der Waals surface area contributed by atoms with Crippen LogP contribution >= 0.6 is 34.8 Å². The molecule has 28 heavy (non-hydrogen) atoms. The van der Waals surface area contributed by atoms with Gasteiger partial charge in [-0.3, -0.25) is 4.79 Å². The third kappa shape index (κ3) is 5.44. The maximum atomic E-state index is 12.2. The van der Waals surface area contributed by atoms with Crippen molar-refractivity contribution in [2.45, 2.75) is 13.0 Å². The van der Waals surface area contributed by atoms with Crippen molar-refractivity contribution in [1.29, 1.82) is 0 Å². The summed E-state index contributed by atoms with van der Waals surface area (Å²) in [7, 11) is 2.85. The molecule has 6 nitrogen and oxygen atoms in total. The largest absolute Gasteiger partial charge is 0.493 e. The minimum atomic E-state index is -0.722. The standard InChI is InChI=1S/C19H18Cl3NO5/c1-10(11-4-5-13(20)14(21)6-11)23-17(24)9-28-19(25)12-7-15(22)18(27-3)16(8-12)26-2/h4-8,10H,9H2,1-3H3,(H,23,24). The molecular weight excluding hydrogens is 429 g/mol. The van der Waals surface area contributed by atoms with E-state index in [9.17, 15) is 9.59 Å². The van der Waals surface area contributed by atoms with E-state index in [1.165, 1.54) is 26.4 Å². The molecule has 0 spiro atoms. The molecule has 0 aliphatic heterocycles. The highest BCUT2D eigenvalue weighted by atomic mass is 35.5. The van der Waals surface area contributed by atoms with Gasteiger partial charge in [0.25, 0.3) is 5.91 Å². The summed E-state index contributed by atoms with van der Waals surface area (Å²) in [5.41, 5.74) is 0.897. The molecule has 9 heteroatoms. The molecular formula is C19H18Cl3NO5. The molecule has 0 radical (unpaired) electrons. The number of benzene rings is 2. The van der Waals surface area contributed by atoms with Crippen LogP contribution in [0.2, 0.25) is 15.1 Å². The van der Waals surface area contributed by atoms with Gasteiger partial charge in [-0.2, -0.15) is 0 Å². The van der Waals surface area contributed by atoms with Gasteiger partial charge in [0.1, 0.15) is 0 Å². The third-order valence-corrected chi connectivity index (χ3v) is 4.84. The van der Waals surface area contributed by atoms with E-state index in [0.29, 0.717) is 15.8 Å². The predicted octanol–water partition coefficient (Wildman–Crippen LogP) is 4.70. The summed E-state index contributed by atoms with van der Waals surface area (Å²) in [6.45, 7) is 1.31. The Bertz CT molecular complexity index is 888. The molecule has 0 aliphatic rings. The molecule has 2 aromatic carbocycles. The van der Waals surface area contributed by atoms with Crippen molar-refractivity contribution >= 4 is 46.7 Å². The zero-order valence-electron chi connectivity index (χ0n) is 15.3. The van der Waals surface area contributed by atoms with Crippen LogP contribution in [0.25, 0.3) is 0 Å². The van der Waals surface area contributed by atoms with Crippen LogP contribution in [-0.4, -0.2) is 32.7 Å². The Hall–Kier alpha value is -2.15. The molecule has 0 saturated heterocycles. The number of carbonyl (C=O) groups is 2. The summed E-state index contributed by atoms with van der Waals surface area (Å²) in [6.07, 6.45) is 0. The molecule has 1 unspecified atom stereocenters. The number of amides is 1. The predicted molar refractivity (Wildman–Crippen MR) is 108 cm³/mol. The van der Waals surface area contributed by atoms with Crippen LogP contribution in [0, 0.1) is 0 Å². The van der Waals surface area contributed by atoms with Gasteiger partial charge in [0.2, 0.25) is 0 Å². The Labute approximate surface area is 177 Å². The fourth-order valence-corrected chi connectivity index (χ4v) is 2.99. The molecule has 2 rings (SSSR count). The van der Waals surface area contributed by atoms with E-state index >= 15 is 0 Å². The maximum Gasteiger partial charge on any atom is 0.338 e. The number of nitrogens with one attached hydrogen (secondary N) is 1. The lowest BCUT2D eigenvalue weighted by atomic mass is 10.1. The van der Waals surface area contributed by atoms with Crippen molar-refractivity contribution in [3.8, 4) is 11.5 Å². The van der Waals surface area contributed by atoms with E-state index in [1.807, 2.05) is 0 Å². The molecule has 0 aromatic heterocycles. The van der Waals surface area contributed by atoms with Crippen LogP contribution in [0.15, 0.2) is 30.3 Å². The SMILES string of the molecule is COc1cc(C(=O)OCC(=O)NC(C)c2ccc(Cl)c(Cl)c2)cc(Cl)c1OC. The number of ether oxygens (including phenoxy) is 3. The number of hydrogen-bond acceptors (Lipinski definition) is 5. The molecule has 2 aromatic rings. The van der Waals surface area contributed by atoms with E-state index in [1.54, 1.807) is 25.1 Å². The summed E-state index contributed by atoms with van der Waals surface area (Å²) in [5, 5.41) is 3.71. The first kappa shape index (κ1) is 22.1. The monoisotopic (exact) mass is 445 g/mol. The van der Waals surface area contributed by atoms with Crippen molar-refractivity contribution in [3.63, 3.8) is 0 Å². The number of rotatable bonds is 7. The average molecular weight is 447 g/mol. The van der Waals surface area contributed by atoms with Crippen LogP contribution in [-0.2, 0) is 9.53 Å². The fraction of sp³-hybridized carbons (Fsp3) is 0.263. The number of hydrogen-bond donors (Lipinski definition) is 1. The molecule has 150 valence electrons. The first-order valence-corrected chi connectivity index (χ1v) is 9.23. The average Bonchev–Trinajstić information content (AvgIpc) is 2.67. The van der Waals surface area contributed by atoms with Gasteiger partial charge in [0.05, 0.1) is 40.9 Å². The fourth-order valence-electron chi connectivity index (χ4n) is 2.40. The second kappa shape index (κ2) is 9.87. The number of esters is 1. The van der Waals surface area contributed by atoms with E-state index in [0.717, 1.165) is 5.56 Å². The van der Waals surface area contributed by atoms with Gasteiger partial charge in [-0.15, -0.1) is 0 Å². The van der Waals surface area contributed by atoms with E-state index in [-0.39, 0.29) is 22.4 Å². The second-order valence-corrected chi connectivity index (χ2v) is 6.95. The van der Waals surface area contributed by atoms with Crippen LogP contribution in [0.5, 0.6) is 11.5 Å². The minimum Gasteiger partial charge on any atom is -0.493 e. The molecule has 0 saturated carbocycles. The Kier molecular flexibility index (Phi) is 7.80. The summed E-state index contributed by atoms with van der Waals surface area (Å²) in [5.74, 6) is -0.618. The highest BCUT2D eigenvalue weighted by Gasteiger charge is 2.18. The van der Waals surface area contributed by atoms with E-state index in [4.69, 9.17) is 49.0 Å². The molecule has 0 fully saturated rings. The Morgan fingerprint density at radius 3 is 2.32 bits per heavy atom. The summed E-state index contributed by atoms with van der Waals surface area (Å²) in [4.78, 5) is 24.3. The van der Waals surface area contributed by atoms with Gasteiger partial charge in [-0.05, 0) is 36.8 Å². The lowest BCUT2D eigenvalue weighted by molar-refractivity contribution is -0.124. The van der Waals surface area contributed by atoms with Gasteiger partial charge >= 0.3 is 5.97 Å². The van der Waals surface area contributed by atoms with Crippen LogP contribution in [0.4, 0.5) is 0 Å². The molecule has 0 heterocycles. The molecule has 0 aliphatic carbocycles. The lowest BCUT2D eigenvalue weighted by Crippen LogP contribution is -2.31. The summed E-state index contributed by atoms with van der Waals surface area (Å²) in [6, 6.07) is 7.49. The smallest absolute Gasteiger partial charge is 0.338 e. The minimum absolute atomic E-state index is 0.132. The molecule has 1 atom stereocenters. The maximum absolute atomic E-state index is 12.2. The highest BCUT2D eigenvalue weighted by molar-refractivity contribution is 6.42. The normalized spacial score (nSPS) is 11.5. The topological polar surface area (TPSA) is 73.9 Å². The second-order valence-electron chi connectivity index (χ2n) is 5.73. The quantitative estimate of drug-likeness (QED) is 0.624. The van der Waals surface area contributed by atoms with E-state index < -0.39 is 18.5 Å². The van der Waals surface area contributed by atoms with Gasteiger partial charge < -0.3 is 19.5 Å². The summed E-state index contributed by atoms with van der Waals surface area (Å²) < 4.78 is 15.3. The highest BCUT2D eigenvalue weighted by Crippen LogP contribution is 2.36. The van der Waals surface area contributed by atoms with E-state index in [2.05, 4.69) is 5.32 Å². The van der Waals surface area contributed by atoms with Crippen molar-refractivity contribution in [1.82, 2.24) is 5.32 Å². The van der Waals surface area contributed by atoms with Gasteiger partial charge in [-0.25, -0.2) is 4.79 Å². The van der Waals surface area contributed by atoms with Crippen molar-refractivity contribution in [2.75, 3.05) is 20.8 Å². The first-order chi connectivity index (χ1) is 13.3. The van der Waals surface area contributed by atoms with Gasteiger partial charge in [0, 0.05) is 0 Å².